The first-order valence-electron chi connectivity index (χ1n) is 7.75. The highest BCUT2D eigenvalue weighted by Crippen LogP contribution is 2.28. The van der Waals surface area contributed by atoms with Crippen molar-refractivity contribution in [1.82, 2.24) is 0 Å². The highest BCUT2D eigenvalue weighted by atomic mass is 16.6. The van der Waals surface area contributed by atoms with Crippen LogP contribution in [0.25, 0.3) is 0 Å². The van der Waals surface area contributed by atoms with Crippen molar-refractivity contribution in [3.05, 3.63) is 78.6 Å². The number of hydrogen-bond acceptors (Lipinski definition) is 6. The second-order valence-corrected chi connectivity index (χ2v) is 5.90. The molecule has 9 nitrogen and oxygen atoms in total. The van der Waals surface area contributed by atoms with Crippen LogP contribution in [0.3, 0.4) is 0 Å². The molecule has 0 saturated carbocycles. The molecule has 0 aromatic rings. The number of ketones is 1. The highest BCUT2D eigenvalue weighted by molar-refractivity contribution is 5.94. The maximum Gasteiger partial charge on any atom is 0.331 e. The van der Waals surface area contributed by atoms with Crippen molar-refractivity contribution in [3.8, 4) is 0 Å². The molecule has 0 spiro atoms. The summed E-state index contributed by atoms with van der Waals surface area (Å²) < 4.78 is 0. The Morgan fingerprint density at radius 2 is 1.85 bits per heavy atom. The number of Topliss-reactive ketones (excluding diaryl/α,β-unsaturated/α-hetero) is 1. The lowest BCUT2D eigenvalue weighted by atomic mass is 9.90. The van der Waals surface area contributed by atoms with E-state index in [-0.39, 0.29) is 36.3 Å². The number of carboxylic acid groups (broad SMARTS) is 1. The fourth-order valence-electron chi connectivity index (χ4n) is 2.76. The van der Waals surface area contributed by atoms with Crippen LogP contribution in [0.15, 0.2) is 58.4 Å². The van der Waals surface area contributed by atoms with Crippen molar-refractivity contribution in [3.63, 3.8) is 0 Å². The SMILES string of the molecule is CC(=O)C1=CC=C(/C=C/C2=C([N+](=O)[O-])C=C(C(=O)O)CC2)C([N+](=O)[O-])C1. The maximum atomic E-state index is 11.4. The minimum Gasteiger partial charge on any atom is -0.478 e. The molecule has 9 heteroatoms. The Bertz CT molecular complexity index is 843. The van der Waals surface area contributed by atoms with Gasteiger partial charge in [0.15, 0.2) is 5.78 Å². The average molecular weight is 360 g/mol. The third kappa shape index (κ3) is 4.18. The maximum absolute atomic E-state index is 11.4. The predicted octanol–water partition coefficient (Wildman–Crippen LogP) is 2.37. The molecule has 1 N–H and O–H groups in total. The molecule has 0 bridgehead atoms. The summed E-state index contributed by atoms with van der Waals surface area (Å²) in [4.78, 5) is 43.7. The molecule has 0 saturated heterocycles. The van der Waals surface area contributed by atoms with Gasteiger partial charge in [-0.15, -0.1) is 0 Å². The molecule has 0 aromatic heterocycles. The number of carboxylic acids is 1. The minimum absolute atomic E-state index is 0.0390. The molecule has 0 fully saturated rings. The van der Waals surface area contributed by atoms with Crippen LogP contribution in [0, 0.1) is 20.2 Å². The first-order valence-corrected chi connectivity index (χ1v) is 7.75. The number of aliphatic carboxylic acids is 1. The predicted molar refractivity (Wildman–Crippen MR) is 90.4 cm³/mol. The Labute approximate surface area is 148 Å². The molecule has 2 rings (SSSR count). The normalized spacial score (nSPS) is 20.3. The quantitative estimate of drug-likeness (QED) is 0.566. The molecule has 1 atom stereocenters. The second-order valence-electron chi connectivity index (χ2n) is 5.90. The van der Waals surface area contributed by atoms with Gasteiger partial charge >= 0.3 is 5.97 Å². The van der Waals surface area contributed by atoms with Crippen LogP contribution in [-0.2, 0) is 9.59 Å². The van der Waals surface area contributed by atoms with Crippen molar-refractivity contribution in [2.45, 2.75) is 32.2 Å². The van der Waals surface area contributed by atoms with Crippen molar-refractivity contribution in [2.75, 3.05) is 0 Å². The van der Waals surface area contributed by atoms with Crippen molar-refractivity contribution in [1.29, 1.82) is 0 Å². The molecule has 2 aliphatic rings. The van der Waals surface area contributed by atoms with Gasteiger partial charge in [-0.1, -0.05) is 24.3 Å². The zero-order chi connectivity index (χ0) is 19.4. The summed E-state index contributed by atoms with van der Waals surface area (Å²) in [5, 5.41) is 31.4. The van der Waals surface area contributed by atoms with E-state index in [0.717, 1.165) is 6.08 Å². The third-order valence-electron chi connectivity index (χ3n) is 4.23. The fraction of sp³-hybridized carbons (Fsp3) is 0.294. The van der Waals surface area contributed by atoms with Crippen molar-refractivity contribution in [2.24, 2.45) is 0 Å². The molecule has 1 unspecified atom stereocenters. The van der Waals surface area contributed by atoms with Crippen molar-refractivity contribution < 1.29 is 24.5 Å². The molecular formula is C17H16N2O7. The van der Waals surface area contributed by atoms with Gasteiger partial charge in [0.05, 0.1) is 4.92 Å². The van der Waals surface area contributed by atoms with E-state index in [4.69, 9.17) is 5.11 Å². The van der Waals surface area contributed by atoms with Gasteiger partial charge in [-0.05, 0) is 19.8 Å². The molecule has 136 valence electrons. The van der Waals surface area contributed by atoms with Gasteiger partial charge in [0.2, 0.25) is 6.04 Å². The topological polar surface area (TPSA) is 141 Å². The van der Waals surface area contributed by atoms with Gasteiger partial charge < -0.3 is 5.11 Å². The Hall–Kier alpha value is -3.36. The third-order valence-corrected chi connectivity index (χ3v) is 4.23. The molecule has 0 heterocycles. The number of carbonyl (C=O) groups excluding carboxylic acids is 1. The van der Waals surface area contributed by atoms with Gasteiger partial charge in [-0.3, -0.25) is 25.0 Å². The van der Waals surface area contributed by atoms with Crippen LogP contribution in [0.2, 0.25) is 0 Å². The lowest BCUT2D eigenvalue weighted by Gasteiger charge is -2.16. The molecule has 0 aromatic carbocycles. The standard InChI is InChI=1S/C17H16N2O7/c1-10(20)13-6-4-11(15(8-13)18(23)24)2-3-12-5-7-14(17(21)22)9-16(12)19(25)26/h2-4,6,9,15H,5,7-8H2,1H3,(H,21,22)/b3-2+. The zero-order valence-electron chi connectivity index (χ0n) is 13.9. The molecule has 0 amide bonds. The van der Waals surface area contributed by atoms with E-state index in [1.165, 1.54) is 31.2 Å². The van der Waals surface area contributed by atoms with E-state index in [1.807, 2.05) is 0 Å². The first-order chi connectivity index (χ1) is 12.2. The smallest absolute Gasteiger partial charge is 0.331 e. The van der Waals surface area contributed by atoms with Crippen LogP contribution < -0.4 is 0 Å². The Morgan fingerprint density at radius 1 is 1.15 bits per heavy atom. The van der Waals surface area contributed by atoms with E-state index in [1.54, 1.807) is 0 Å². The average Bonchev–Trinajstić information content (AvgIpc) is 2.59. The monoisotopic (exact) mass is 360 g/mol. The van der Waals surface area contributed by atoms with Crippen LogP contribution in [-0.4, -0.2) is 32.7 Å². The van der Waals surface area contributed by atoms with Gasteiger partial charge in [0.25, 0.3) is 5.70 Å². The molecule has 26 heavy (non-hydrogen) atoms. The van der Waals surface area contributed by atoms with Crippen LogP contribution in [0.4, 0.5) is 0 Å². The number of hydrogen-bond donors (Lipinski definition) is 1. The van der Waals surface area contributed by atoms with Crippen LogP contribution in [0.5, 0.6) is 0 Å². The van der Waals surface area contributed by atoms with E-state index < -0.39 is 21.9 Å². The summed E-state index contributed by atoms with van der Waals surface area (Å²) >= 11 is 0. The number of allylic oxidation sites excluding steroid dienone is 5. The number of nitro groups is 2. The van der Waals surface area contributed by atoms with Crippen LogP contribution in [0.1, 0.15) is 26.2 Å². The number of rotatable bonds is 6. The van der Waals surface area contributed by atoms with Crippen molar-refractivity contribution >= 4 is 11.8 Å². The molecule has 0 radical (unpaired) electrons. The lowest BCUT2D eigenvalue weighted by molar-refractivity contribution is -0.510. The van der Waals surface area contributed by atoms with E-state index in [9.17, 15) is 29.8 Å². The fourth-order valence-corrected chi connectivity index (χ4v) is 2.76. The minimum atomic E-state index is -1.21. The summed E-state index contributed by atoms with van der Waals surface area (Å²) in [6.07, 6.45) is 7.05. The highest BCUT2D eigenvalue weighted by Gasteiger charge is 2.29. The van der Waals surface area contributed by atoms with Gasteiger partial charge in [-0.2, -0.15) is 0 Å². The summed E-state index contributed by atoms with van der Waals surface area (Å²) in [5.41, 5.74) is 0.579. The van der Waals surface area contributed by atoms with E-state index >= 15 is 0 Å². The summed E-state index contributed by atoms with van der Waals surface area (Å²) in [5.74, 6) is -1.45. The molecule has 0 aliphatic heterocycles. The number of nitrogens with zero attached hydrogens (tertiary/aromatic N) is 2. The van der Waals surface area contributed by atoms with Crippen LogP contribution >= 0.6 is 0 Å². The Kier molecular flexibility index (Phi) is 5.61. The Balaban J connectivity index is 2.38. The molecule has 2 aliphatic carbocycles. The number of carbonyl (C=O) groups is 2. The van der Waals surface area contributed by atoms with E-state index in [2.05, 4.69) is 0 Å². The van der Waals surface area contributed by atoms with E-state index in [0.29, 0.717) is 16.7 Å². The van der Waals surface area contributed by atoms with Gasteiger partial charge in [0, 0.05) is 39.7 Å². The van der Waals surface area contributed by atoms with Gasteiger partial charge in [-0.25, -0.2) is 4.79 Å². The summed E-state index contributed by atoms with van der Waals surface area (Å²) in [6, 6.07) is -1.11. The molecular weight excluding hydrogens is 344 g/mol. The summed E-state index contributed by atoms with van der Waals surface area (Å²) in [7, 11) is 0. The van der Waals surface area contributed by atoms with Gasteiger partial charge in [0.1, 0.15) is 0 Å². The summed E-state index contributed by atoms with van der Waals surface area (Å²) in [6.45, 7) is 1.33. The second kappa shape index (κ2) is 7.68. The first kappa shape index (κ1) is 19.0. The zero-order valence-corrected chi connectivity index (χ0v) is 13.9. The largest absolute Gasteiger partial charge is 0.478 e. The lowest BCUT2D eigenvalue weighted by Crippen LogP contribution is -2.25. The Morgan fingerprint density at radius 3 is 2.38 bits per heavy atom.